The molecule has 0 unspecified atom stereocenters. The van der Waals surface area contributed by atoms with Gasteiger partial charge in [-0.25, -0.2) is 4.98 Å². The summed E-state index contributed by atoms with van der Waals surface area (Å²) in [6, 6.07) is 7.28. The molecule has 0 saturated heterocycles. The Labute approximate surface area is 111 Å². The molecule has 4 nitrogen and oxygen atoms in total. The van der Waals surface area contributed by atoms with Gasteiger partial charge in [-0.2, -0.15) is 4.98 Å². The van der Waals surface area contributed by atoms with E-state index in [0.29, 0.717) is 22.6 Å². The lowest BCUT2D eigenvalue weighted by Gasteiger charge is -2.09. The van der Waals surface area contributed by atoms with Crippen LogP contribution in [0.25, 0.3) is 0 Å². The molecule has 0 aliphatic heterocycles. The summed E-state index contributed by atoms with van der Waals surface area (Å²) in [5.41, 5.74) is 1.84. The Morgan fingerprint density at radius 3 is 2.67 bits per heavy atom. The Balaban J connectivity index is 2.33. The van der Waals surface area contributed by atoms with Crippen LogP contribution in [0.1, 0.15) is 11.3 Å². The quantitative estimate of drug-likeness (QED) is 0.919. The highest BCUT2D eigenvalue weighted by molar-refractivity contribution is 6.30. The maximum absolute atomic E-state index is 5.95. The van der Waals surface area contributed by atoms with Crippen LogP contribution in [0.15, 0.2) is 24.3 Å². The highest BCUT2D eigenvalue weighted by Gasteiger charge is 2.06. The topological polar surface area (TPSA) is 47.0 Å². The predicted octanol–water partition coefficient (Wildman–Crippen LogP) is 3.58. The summed E-state index contributed by atoms with van der Waals surface area (Å²) in [4.78, 5) is 8.44. The zero-order chi connectivity index (χ0) is 13.1. The second-order valence-electron chi connectivity index (χ2n) is 3.93. The summed E-state index contributed by atoms with van der Waals surface area (Å²) in [6.45, 7) is 3.85. The number of aryl methyl sites for hydroxylation is 2. The van der Waals surface area contributed by atoms with Crippen LogP contribution in [0, 0.1) is 13.8 Å². The summed E-state index contributed by atoms with van der Waals surface area (Å²) in [5, 5.41) is 3.53. The van der Waals surface area contributed by atoms with E-state index >= 15 is 0 Å². The first-order chi connectivity index (χ1) is 8.58. The van der Waals surface area contributed by atoms with E-state index in [-0.39, 0.29) is 0 Å². The van der Waals surface area contributed by atoms with Gasteiger partial charge in [-0.3, -0.25) is 0 Å². The minimum Gasteiger partial charge on any atom is -0.439 e. The van der Waals surface area contributed by atoms with Crippen molar-refractivity contribution in [2.45, 2.75) is 13.8 Å². The van der Waals surface area contributed by atoms with Crippen LogP contribution < -0.4 is 10.1 Å². The Bertz CT molecular complexity index is 572. The number of ether oxygens (including phenoxy) is 1. The van der Waals surface area contributed by atoms with E-state index < -0.39 is 0 Å². The highest BCUT2D eigenvalue weighted by atomic mass is 35.5. The van der Waals surface area contributed by atoms with Crippen LogP contribution in [0.2, 0.25) is 5.02 Å². The molecule has 5 heteroatoms. The van der Waals surface area contributed by atoms with E-state index in [4.69, 9.17) is 16.3 Å². The van der Waals surface area contributed by atoms with Gasteiger partial charge < -0.3 is 10.1 Å². The van der Waals surface area contributed by atoms with Crippen molar-refractivity contribution in [2.24, 2.45) is 0 Å². The van der Waals surface area contributed by atoms with Crippen LogP contribution in [0.4, 0.5) is 5.95 Å². The molecular weight excluding hydrogens is 250 g/mol. The van der Waals surface area contributed by atoms with Gasteiger partial charge in [-0.15, -0.1) is 0 Å². The van der Waals surface area contributed by atoms with E-state index in [1.807, 2.05) is 26.0 Å². The number of nitrogens with zero attached hydrogens (tertiary/aromatic N) is 2. The lowest BCUT2D eigenvalue weighted by molar-refractivity contribution is 0.458. The number of nitrogens with one attached hydrogen (secondary N) is 1. The number of hydrogen-bond donors (Lipinski definition) is 1. The molecule has 0 aliphatic carbocycles. The van der Waals surface area contributed by atoms with Crippen molar-refractivity contribution in [3.05, 3.63) is 40.5 Å². The molecule has 0 radical (unpaired) electrons. The lowest BCUT2D eigenvalue weighted by Crippen LogP contribution is -2.00. The molecule has 94 valence electrons. The normalized spacial score (nSPS) is 10.2. The monoisotopic (exact) mass is 263 g/mol. The molecule has 0 saturated carbocycles. The van der Waals surface area contributed by atoms with E-state index in [1.54, 1.807) is 19.2 Å². The SMILES string of the molecule is CNc1nc(C)cc(Oc2cc(Cl)ccc2C)n1. The third-order valence-corrected chi connectivity index (χ3v) is 2.65. The fourth-order valence-corrected chi connectivity index (χ4v) is 1.66. The van der Waals surface area contributed by atoms with Crippen LogP contribution >= 0.6 is 11.6 Å². The van der Waals surface area contributed by atoms with Gasteiger partial charge in [0.05, 0.1) is 0 Å². The standard InChI is InChI=1S/C13H14ClN3O/c1-8-4-5-10(14)7-11(8)18-12-6-9(2)16-13(15-3)17-12/h4-7H,1-3H3,(H,15,16,17). The first-order valence-corrected chi connectivity index (χ1v) is 5.94. The zero-order valence-electron chi connectivity index (χ0n) is 10.5. The number of aromatic nitrogens is 2. The van der Waals surface area contributed by atoms with Crippen LogP contribution in [0.3, 0.4) is 0 Å². The number of benzene rings is 1. The number of rotatable bonds is 3. The van der Waals surface area contributed by atoms with Gasteiger partial charge in [0.15, 0.2) is 0 Å². The average molecular weight is 264 g/mol. The second-order valence-corrected chi connectivity index (χ2v) is 4.37. The van der Waals surface area contributed by atoms with E-state index in [9.17, 15) is 0 Å². The molecule has 1 heterocycles. The van der Waals surface area contributed by atoms with Crippen molar-refractivity contribution >= 4 is 17.5 Å². The van der Waals surface area contributed by atoms with E-state index in [1.165, 1.54) is 0 Å². The number of anilines is 1. The average Bonchev–Trinajstić information content (AvgIpc) is 2.33. The van der Waals surface area contributed by atoms with Gasteiger partial charge in [-0.1, -0.05) is 17.7 Å². The fourth-order valence-electron chi connectivity index (χ4n) is 1.50. The molecule has 0 bridgehead atoms. The van der Waals surface area contributed by atoms with Crippen molar-refractivity contribution in [1.29, 1.82) is 0 Å². The minimum absolute atomic E-state index is 0.497. The first-order valence-electron chi connectivity index (χ1n) is 5.56. The molecule has 1 N–H and O–H groups in total. The van der Waals surface area contributed by atoms with Crippen molar-refractivity contribution in [3.8, 4) is 11.6 Å². The van der Waals surface area contributed by atoms with Crippen molar-refractivity contribution < 1.29 is 4.74 Å². The van der Waals surface area contributed by atoms with Gasteiger partial charge in [0.1, 0.15) is 5.75 Å². The maximum Gasteiger partial charge on any atom is 0.225 e. The smallest absolute Gasteiger partial charge is 0.225 e. The molecule has 0 fully saturated rings. The molecule has 2 rings (SSSR count). The molecule has 1 aromatic heterocycles. The first kappa shape index (κ1) is 12.6. The van der Waals surface area contributed by atoms with Gasteiger partial charge in [0, 0.05) is 23.8 Å². The molecule has 0 aliphatic rings. The van der Waals surface area contributed by atoms with Crippen LogP contribution in [0.5, 0.6) is 11.6 Å². The molecule has 1 aromatic carbocycles. The molecule has 2 aromatic rings. The highest BCUT2D eigenvalue weighted by Crippen LogP contribution is 2.27. The van der Waals surface area contributed by atoms with Gasteiger partial charge in [-0.05, 0) is 31.5 Å². The van der Waals surface area contributed by atoms with Crippen molar-refractivity contribution in [2.75, 3.05) is 12.4 Å². The Hall–Kier alpha value is -1.81. The zero-order valence-corrected chi connectivity index (χ0v) is 11.2. The summed E-state index contributed by atoms with van der Waals surface area (Å²) in [7, 11) is 1.77. The maximum atomic E-state index is 5.95. The third-order valence-electron chi connectivity index (χ3n) is 2.42. The summed E-state index contributed by atoms with van der Waals surface area (Å²) < 4.78 is 5.74. The Morgan fingerprint density at radius 1 is 1.17 bits per heavy atom. The molecule has 0 amide bonds. The summed E-state index contributed by atoms with van der Waals surface area (Å²) in [6.07, 6.45) is 0. The molecule has 0 atom stereocenters. The second kappa shape index (κ2) is 5.23. The van der Waals surface area contributed by atoms with Gasteiger partial charge in [0.25, 0.3) is 0 Å². The summed E-state index contributed by atoms with van der Waals surface area (Å²) in [5.74, 6) is 1.73. The summed E-state index contributed by atoms with van der Waals surface area (Å²) >= 11 is 5.95. The van der Waals surface area contributed by atoms with Crippen molar-refractivity contribution in [3.63, 3.8) is 0 Å². The lowest BCUT2D eigenvalue weighted by atomic mass is 10.2. The number of halogens is 1. The van der Waals surface area contributed by atoms with Gasteiger partial charge >= 0.3 is 0 Å². The minimum atomic E-state index is 0.497. The molecule has 18 heavy (non-hydrogen) atoms. The van der Waals surface area contributed by atoms with E-state index in [2.05, 4.69) is 15.3 Å². The van der Waals surface area contributed by atoms with Crippen LogP contribution in [-0.2, 0) is 0 Å². The van der Waals surface area contributed by atoms with E-state index in [0.717, 1.165) is 11.3 Å². The number of hydrogen-bond acceptors (Lipinski definition) is 4. The molecular formula is C13H14ClN3O. The van der Waals surface area contributed by atoms with Crippen molar-refractivity contribution in [1.82, 2.24) is 9.97 Å². The van der Waals surface area contributed by atoms with Gasteiger partial charge in [0.2, 0.25) is 11.8 Å². The Morgan fingerprint density at radius 2 is 1.94 bits per heavy atom. The van der Waals surface area contributed by atoms with Crippen LogP contribution in [-0.4, -0.2) is 17.0 Å². The molecule has 0 spiro atoms. The fraction of sp³-hybridized carbons (Fsp3) is 0.231. The largest absolute Gasteiger partial charge is 0.439 e. The predicted molar refractivity (Wildman–Crippen MR) is 72.6 cm³/mol. The third kappa shape index (κ3) is 2.90. The Kier molecular flexibility index (Phi) is 3.67.